The average Bonchev–Trinajstić information content (AvgIpc) is 3.34. The van der Waals surface area contributed by atoms with Gasteiger partial charge < -0.3 is 5.11 Å². The van der Waals surface area contributed by atoms with E-state index in [9.17, 15) is 18.3 Å². The molecule has 1 atom stereocenters. The molecule has 3 aromatic rings. The summed E-state index contributed by atoms with van der Waals surface area (Å²) >= 11 is 2.29. The van der Waals surface area contributed by atoms with Gasteiger partial charge in [-0.15, -0.1) is 22.7 Å². The molecule has 1 aliphatic heterocycles. The maximum atomic E-state index is 13.6. The first kappa shape index (κ1) is 17.2. The van der Waals surface area contributed by atoms with Crippen LogP contribution in [0.5, 0.6) is 0 Å². The van der Waals surface area contributed by atoms with Crippen LogP contribution in [0.2, 0.25) is 0 Å². The second-order valence-electron chi connectivity index (χ2n) is 5.71. The largest absolute Gasteiger partial charge is 0.438 e. The molecule has 1 aromatic carbocycles. The van der Waals surface area contributed by atoms with Crippen molar-refractivity contribution in [2.45, 2.75) is 18.3 Å². The number of thiazole rings is 1. The molecule has 4 nitrogen and oxygen atoms in total. The average molecular weight is 395 g/mol. The number of nitrogens with zero attached hydrogens (tertiary/aromatic N) is 3. The Hall–Kier alpha value is -2.23. The van der Waals surface area contributed by atoms with Gasteiger partial charge in [0.15, 0.2) is 0 Å². The molecule has 2 aromatic heterocycles. The van der Waals surface area contributed by atoms with Crippen molar-refractivity contribution in [1.82, 2.24) is 4.98 Å². The highest BCUT2D eigenvalue weighted by Crippen LogP contribution is 2.45. The molecule has 4 rings (SSSR count). The first-order valence-electron chi connectivity index (χ1n) is 7.60. The van der Waals surface area contributed by atoms with Crippen molar-refractivity contribution < 1.29 is 18.3 Å². The lowest BCUT2D eigenvalue weighted by Crippen LogP contribution is -2.55. The van der Waals surface area contributed by atoms with Crippen molar-refractivity contribution in [2.75, 3.05) is 5.01 Å². The molecule has 0 radical (unpaired) electrons. The highest BCUT2D eigenvalue weighted by atomic mass is 32.1. The third kappa shape index (κ3) is 2.81. The number of hydrazone groups is 1. The lowest BCUT2D eigenvalue weighted by Gasteiger charge is -2.32. The monoisotopic (exact) mass is 395 g/mol. The lowest BCUT2D eigenvalue weighted by atomic mass is 10.1. The number of rotatable bonds is 3. The summed E-state index contributed by atoms with van der Waals surface area (Å²) in [6, 6.07) is 12.5. The van der Waals surface area contributed by atoms with Crippen LogP contribution in [0.25, 0.3) is 11.3 Å². The van der Waals surface area contributed by atoms with E-state index in [1.807, 2.05) is 30.3 Å². The van der Waals surface area contributed by atoms with Gasteiger partial charge in [-0.25, -0.2) is 4.98 Å². The predicted octanol–water partition coefficient (Wildman–Crippen LogP) is 4.74. The van der Waals surface area contributed by atoms with Crippen LogP contribution in [0.4, 0.5) is 18.3 Å². The van der Waals surface area contributed by atoms with E-state index >= 15 is 0 Å². The van der Waals surface area contributed by atoms with E-state index in [1.54, 1.807) is 22.9 Å². The zero-order chi connectivity index (χ0) is 18.4. The fourth-order valence-electron chi connectivity index (χ4n) is 2.65. The molecule has 0 aliphatic carbocycles. The number of aromatic nitrogens is 1. The van der Waals surface area contributed by atoms with Crippen molar-refractivity contribution in [3.05, 3.63) is 58.1 Å². The Morgan fingerprint density at radius 1 is 1.08 bits per heavy atom. The van der Waals surface area contributed by atoms with Crippen molar-refractivity contribution in [2.24, 2.45) is 5.10 Å². The minimum Gasteiger partial charge on any atom is -0.362 e. The molecule has 0 amide bonds. The molecular weight excluding hydrogens is 383 g/mol. The second kappa shape index (κ2) is 6.19. The SMILES string of the molecule is O[C@@]1(C(F)(F)F)CC(c2cccs2)=NN1c1nc(-c2ccccc2)cs1. The summed E-state index contributed by atoms with van der Waals surface area (Å²) in [4.78, 5) is 4.86. The zero-order valence-electron chi connectivity index (χ0n) is 13.1. The summed E-state index contributed by atoms with van der Waals surface area (Å²) in [6.07, 6.45) is -5.52. The van der Waals surface area contributed by atoms with Gasteiger partial charge in [0.2, 0.25) is 5.13 Å². The third-order valence-corrected chi connectivity index (χ3v) is 5.72. The van der Waals surface area contributed by atoms with Gasteiger partial charge in [0.25, 0.3) is 5.72 Å². The number of thiophene rings is 1. The Balaban J connectivity index is 1.76. The zero-order valence-corrected chi connectivity index (χ0v) is 14.8. The van der Waals surface area contributed by atoms with Crippen molar-refractivity contribution >= 4 is 33.5 Å². The Morgan fingerprint density at radius 3 is 2.50 bits per heavy atom. The summed E-state index contributed by atoms with van der Waals surface area (Å²) in [5.74, 6) is 0. The number of hydrogen-bond acceptors (Lipinski definition) is 6. The summed E-state index contributed by atoms with van der Waals surface area (Å²) in [5, 5.41) is 18.5. The summed E-state index contributed by atoms with van der Waals surface area (Å²) in [5.41, 5.74) is -1.60. The van der Waals surface area contributed by atoms with Crippen molar-refractivity contribution in [3.63, 3.8) is 0 Å². The van der Waals surface area contributed by atoms with E-state index in [0.29, 0.717) is 15.6 Å². The number of hydrogen-bond donors (Lipinski definition) is 1. The maximum absolute atomic E-state index is 13.6. The molecule has 1 aliphatic rings. The first-order chi connectivity index (χ1) is 12.4. The fourth-order valence-corrected chi connectivity index (χ4v) is 4.21. The van der Waals surface area contributed by atoms with E-state index in [1.165, 1.54) is 11.3 Å². The van der Waals surface area contributed by atoms with Crippen LogP contribution in [0, 0.1) is 0 Å². The molecule has 26 heavy (non-hydrogen) atoms. The first-order valence-corrected chi connectivity index (χ1v) is 9.36. The second-order valence-corrected chi connectivity index (χ2v) is 7.49. The molecule has 134 valence electrons. The molecule has 9 heteroatoms. The summed E-state index contributed by atoms with van der Waals surface area (Å²) < 4.78 is 40.9. The Labute approximate surface area is 154 Å². The smallest absolute Gasteiger partial charge is 0.362 e. The summed E-state index contributed by atoms with van der Waals surface area (Å²) in [7, 11) is 0. The van der Waals surface area contributed by atoms with Gasteiger partial charge >= 0.3 is 6.18 Å². The minimum atomic E-state index is -4.88. The number of aliphatic hydroxyl groups is 1. The lowest BCUT2D eigenvalue weighted by molar-refractivity contribution is -0.254. The minimum absolute atomic E-state index is 0.00441. The molecule has 0 bridgehead atoms. The van der Waals surface area contributed by atoms with E-state index in [2.05, 4.69) is 10.1 Å². The number of alkyl halides is 3. The van der Waals surface area contributed by atoms with Crippen LogP contribution >= 0.6 is 22.7 Å². The topological polar surface area (TPSA) is 48.7 Å². The van der Waals surface area contributed by atoms with Gasteiger partial charge in [0.1, 0.15) is 0 Å². The van der Waals surface area contributed by atoms with Gasteiger partial charge in [-0.2, -0.15) is 23.3 Å². The Morgan fingerprint density at radius 2 is 1.85 bits per heavy atom. The fraction of sp³-hybridized carbons (Fsp3) is 0.176. The highest BCUT2D eigenvalue weighted by Gasteiger charge is 2.62. The molecule has 3 heterocycles. The van der Waals surface area contributed by atoms with Crippen molar-refractivity contribution in [1.29, 1.82) is 0 Å². The highest BCUT2D eigenvalue weighted by molar-refractivity contribution is 7.14. The predicted molar refractivity (Wildman–Crippen MR) is 96.5 cm³/mol. The van der Waals surface area contributed by atoms with E-state index < -0.39 is 18.3 Å². The van der Waals surface area contributed by atoms with Crippen LogP contribution < -0.4 is 5.01 Å². The quantitative estimate of drug-likeness (QED) is 0.697. The number of anilines is 1. The van der Waals surface area contributed by atoms with Crippen LogP contribution in [0.1, 0.15) is 11.3 Å². The van der Waals surface area contributed by atoms with Gasteiger partial charge in [0.05, 0.1) is 22.7 Å². The normalized spacial score (nSPS) is 20.5. The Kier molecular flexibility index (Phi) is 4.09. The molecule has 0 saturated carbocycles. The van der Waals surface area contributed by atoms with Crippen LogP contribution in [0.3, 0.4) is 0 Å². The molecule has 0 spiro atoms. The molecule has 1 N–H and O–H groups in total. The van der Waals surface area contributed by atoms with Crippen LogP contribution in [0.15, 0.2) is 58.3 Å². The van der Waals surface area contributed by atoms with Gasteiger partial charge in [-0.3, -0.25) is 0 Å². The van der Waals surface area contributed by atoms with E-state index in [0.717, 1.165) is 16.9 Å². The van der Waals surface area contributed by atoms with E-state index in [-0.39, 0.29) is 10.8 Å². The van der Waals surface area contributed by atoms with Gasteiger partial charge in [-0.1, -0.05) is 36.4 Å². The van der Waals surface area contributed by atoms with Crippen molar-refractivity contribution in [3.8, 4) is 11.3 Å². The maximum Gasteiger partial charge on any atom is 0.438 e. The Bertz CT molecular complexity index is 938. The number of benzene rings is 1. The molecular formula is C17H12F3N3OS2. The standard InChI is InChI=1S/C17H12F3N3OS2/c18-17(19,20)16(24)9-12(14-7-4-8-25-14)22-23(16)15-21-13(10-26-15)11-5-2-1-3-6-11/h1-8,10,24H,9H2/t16-/m1/s1. The number of halogens is 3. The van der Waals surface area contributed by atoms with Crippen LogP contribution in [-0.4, -0.2) is 27.7 Å². The third-order valence-electron chi connectivity index (χ3n) is 3.99. The van der Waals surface area contributed by atoms with Crippen LogP contribution in [-0.2, 0) is 0 Å². The summed E-state index contributed by atoms with van der Waals surface area (Å²) in [6.45, 7) is 0. The van der Waals surface area contributed by atoms with Gasteiger partial charge in [-0.05, 0) is 11.4 Å². The molecule has 0 saturated heterocycles. The molecule has 0 fully saturated rings. The van der Waals surface area contributed by atoms with E-state index in [4.69, 9.17) is 0 Å². The molecule has 0 unspecified atom stereocenters. The van der Waals surface area contributed by atoms with Gasteiger partial charge in [0, 0.05) is 10.9 Å².